The summed E-state index contributed by atoms with van der Waals surface area (Å²) in [5.74, 6) is 0.551. The Balaban J connectivity index is 2.06. The second kappa shape index (κ2) is 3.80. The van der Waals surface area contributed by atoms with E-state index in [4.69, 9.17) is 0 Å². The van der Waals surface area contributed by atoms with Crippen molar-refractivity contribution < 1.29 is 0 Å². The zero-order valence-electron chi connectivity index (χ0n) is 8.44. The molecule has 0 unspecified atom stereocenters. The van der Waals surface area contributed by atoms with Crippen molar-refractivity contribution in [3.8, 4) is 0 Å². The molecule has 0 bridgehead atoms. The topological polar surface area (TPSA) is 12.0 Å². The summed E-state index contributed by atoms with van der Waals surface area (Å²) >= 11 is 1.85. The van der Waals surface area contributed by atoms with E-state index in [1.165, 1.54) is 16.0 Å². The maximum Gasteiger partial charge on any atom is 0.0312 e. The lowest BCUT2D eigenvalue weighted by Gasteiger charge is -2.25. The van der Waals surface area contributed by atoms with Crippen LogP contribution in [0.2, 0.25) is 0 Å². The zero-order chi connectivity index (χ0) is 10.1. The maximum atomic E-state index is 3.49. The second-order valence-corrected chi connectivity index (χ2v) is 4.88. The van der Waals surface area contributed by atoms with Gasteiger partial charge in [0, 0.05) is 23.9 Å². The lowest BCUT2D eigenvalue weighted by atomic mass is 9.90. The van der Waals surface area contributed by atoms with Crippen molar-refractivity contribution in [2.75, 3.05) is 6.54 Å². The number of hydrogen-bond donors (Lipinski definition) is 1. The molecule has 0 fully saturated rings. The highest BCUT2D eigenvalue weighted by atomic mass is 32.1. The normalized spacial score (nSPS) is 19.9. The van der Waals surface area contributed by atoms with Crippen LogP contribution in [0.4, 0.5) is 0 Å². The predicted octanol–water partition coefficient (Wildman–Crippen LogP) is 2.98. The van der Waals surface area contributed by atoms with Crippen molar-refractivity contribution in [1.82, 2.24) is 5.32 Å². The Hall–Kier alpha value is -1.12. The highest BCUT2D eigenvalue weighted by Crippen LogP contribution is 2.32. The number of hydrogen-bond acceptors (Lipinski definition) is 2. The molecule has 2 heterocycles. The van der Waals surface area contributed by atoms with E-state index in [2.05, 4.69) is 47.1 Å². The first kappa shape index (κ1) is 9.13. The van der Waals surface area contributed by atoms with Crippen LogP contribution in [0.3, 0.4) is 0 Å². The summed E-state index contributed by atoms with van der Waals surface area (Å²) in [4.78, 5) is 1.47. The van der Waals surface area contributed by atoms with Gasteiger partial charge in [0.05, 0.1) is 0 Å². The Morgan fingerprint density at radius 2 is 2.07 bits per heavy atom. The minimum Gasteiger partial charge on any atom is -0.312 e. The Labute approximate surface area is 93.8 Å². The summed E-state index contributed by atoms with van der Waals surface area (Å²) in [6, 6.07) is 13.1. The van der Waals surface area contributed by atoms with Gasteiger partial charge in [0.1, 0.15) is 0 Å². The van der Waals surface area contributed by atoms with Crippen molar-refractivity contribution in [1.29, 1.82) is 0 Å². The van der Waals surface area contributed by atoms with Gasteiger partial charge in [-0.15, -0.1) is 11.3 Å². The predicted molar refractivity (Wildman–Crippen MR) is 64.3 cm³/mol. The molecular formula is C13H13NS. The Morgan fingerprint density at radius 1 is 1.13 bits per heavy atom. The second-order valence-electron chi connectivity index (χ2n) is 3.90. The molecule has 3 rings (SSSR count). The summed E-state index contributed by atoms with van der Waals surface area (Å²) < 4.78 is 0. The van der Waals surface area contributed by atoms with Crippen molar-refractivity contribution in [2.45, 2.75) is 12.5 Å². The average Bonchev–Trinajstić information content (AvgIpc) is 2.82. The highest BCUT2D eigenvalue weighted by Gasteiger charge is 2.21. The first-order valence-electron chi connectivity index (χ1n) is 5.27. The molecule has 0 saturated heterocycles. The van der Waals surface area contributed by atoms with Crippen LogP contribution in [-0.2, 0) is 6.54 Å². The zero-order valence-corrected chi connectivity index (χ0v) is 9.26. The molecule has 1 N–H and O–H groups in total. The third-order valence-electron chi connectivity index (χ3n) is 2.98. The molecule has 1 aromatic heterocycles. The van der Waals surface area contributed by atoms with Gasteiger partial charge in [-0.1, -0.05) is 30.3 Å². The fourth-order valence-electron chi connectivity index (χ4n) is 2.24. The lowest BCUT2D eigenvalue weighted by Crippen LogP contribution is -2.28. The summed E-state index contributed by atoms with van der Waals surface area (Å²) in [5.41, 5.74) is 2.95. The number of nitrogens with one attached hydrogen (secondary N) is 1. The molecule has 1 atom stereocenters. The molecule has 2 heteroatoms. The van der Waals surface area contributed by atoms with Gasteiger partial charge >= 0.3 is 0 Å². The molecule has 1 aromatic carbocycles. The van der Waals surface area contributed by atoms with Crippen molar-refractivity contribution in [3.63, 3.8) is 0 Å². The Kier molecular flexibility index (Phi) is 2.31. The van der Waals surface area contributed by atoms with E-state index in [1.54, 1.807) is 0 Å². The van der Waals surface area contributed by atoms with Crippen LogP contribution in [-0.4, -0.2) is 6.54 Å². The molecule has 0 aliphatic carbocycles. The van der Waals surface area contributed by atoms with Gasteiger partial charge in [-0.2, -0.15) is 0 Å². The lowest BCUT2D eigenvalue weighted by molar-refractivity contribution is 0.596. The van der Waals surface area contributed by atoms with Gasteiger partial charge in [-0.05, 0) is 22.6 Å². The fourth-order valence-corrected chi connectivity index (χ4v) is 3.09. The molecule has 1 aliphatic rings. The van der Waals surface area contributed by atoms with Gasteiger partial charge in [-0.25, -0.2) is 0 Å². The third-order valence-corrected chi connectivity index (χ3v) is 3.97. The van der Waals surface area contributed by atoms with Gasteiger partial charge in [-0.3, -0.25) is 0 Å². The largest absolute Gasteiger partial charge is 0.312 e. The van der Waals surface area contributed by atoms with Gasteiger partial charge in [0.2, 0.25) is 0 Å². The van der Waals surface area contributed by atoms with Crippen LogP contribution in [0.5, 0.6) is 0 Å². The van der Waals surface area contributed by atoms with Crippen LogP contribution in [0.15, 0.2) is 41.8 Å². The Bertz CT molecular complexity index is 447. The third kappa shape index (κ3) is 1.60. The molecule has 76 valence electrons. The maximum absolute atomic E-state index is 3.49. The molecule has 0 amide bonds. The van der Waals surface area contributed by atoms with Crippen molar-refractivity contribution >= 4 is 11.3 Å². The minimum absolute atomic E-state index is 0.551. The minimum atomic E-state index is 0.551. The van der Waals surface area contributed by atoms with Gasteiger partial charge < -0.3 is 5.32 Å². The molecule has 1 nitrogen and oxygen atoms in total. The van der Waals surface area contributed by atoms with Crippen LogP contribution in [0.1, 0.15) is 21.9 Å². The first-order valence-corrected chi connectivity index (χ1v) is 6.15. The van der Waals surface area contributed by atoms with Gasteiger partial charge in [0.15, 0.2) is 0 Å². The van der Waals surface area contributed by atoms with E-state index in [0.29, 0.717) is 5.92 Å². The van der Waals surface area contributed by atoms with E-state index in [9.17, 15) is 0 Å². The number of thiophene rings is 1. The van der Waals surface area contributed by atoms with Crippen LogP contribution in [0, 0.1) is 0 Å². The van der Waals surface area contributed by atoms with Crippen molar-refractivity contribution in [2.24, 2.45) is 0 Å². The molecule has 0 radical (unpaired) electrons. The number of benzene rings is 1. The molecular weight excluding hydrogens is 202 g/mol. The molecule has 0 saturated carbocycles. The summed E-state index contributed by atoms with van der Waals surface area (Å²) in [6.07, 6.45) is 0. The van der Waals surface area contributed by atoms with Crippen LogP contribution in [0.25, 0.3) is 0 Å². The first-order chi connectivity index (χ1) is 7.45. The average molecular weight is 215 g/mol. The SMILES string of the molecule is c1csc([C@@H]2CNCc3ccccc32)c1. The summed E-state index contributed by atoms with van der Waals surface area (Å²) in [7, 11) is 0. The van der Waals surface area contributed by atoms with Gasteiger partial charge in [0.25, 0.3) is 0 Å². The summed E-state index contributed by atoms with van der Waals surface area (Å²) in [6.45, 7) is 2.08. The molecule has 15 heavy (non-hydrogen) atoms. The number of fused-ring (bicyclic) bond motifs is 1. The van der Waals surface area contributed by atoms with E-state index in [-0.39, 0.29) is 0 Å². The molecule has 0 spiro atoms. The fraction of sp³-hybridized carbons (Fsp3) is 0.231. The number of rotatable bonds is 1. The van der Waals surface area contributed by atoms with E-state index < -0.39 is 0 Å². The standard InChI is InChI=1S/C13H13NS/c1-2-5-11-10(4-1)8-14-9-12(11)13-6-3-7-15-13/h1-7,12,14H,8-9H2/t12-/m1/s1. The van der Waals surface area contributed by atoms with E-state index in [0.717, 1.165) is 13.1 Å². The van der Waals surface area contributed by atoms with E-state index in [1.807, 2.05) is 11.3 Å². The van der Waals surface area contributed by atoms with E-state index >= 15 is 0 Å². The Morgan fingerprint density at radius 3 is 2.93 bits per heavy atom. The van der Waals surface area contributed by atoms with Crippen LogP contribution >= 0.6 is 11.3 Å². The van der Waals surface area contributed by atoms with Crippen molar-refractivity contribution in [3.05, 3.63) is 57.8 Å². The molecule has 2 aromatic rings. The van der Waals surface area contributed by atoms with Crippen LogP contribution < -0.4 is 5.32 Å². The summed E-state index contributed by atoms with van der Waals surface area (Å²) in [5, 5.41) is 5.65. The monoisotopic (exact) mass is 215 g/mol. The highest BCUT2D eigenvalue weighted by molar-refractivity contribution is 7.10. The quantitative estimate of drug-likeness (QED) is 0.771. The molecule has 1 aliphatic heterocycles. The smallest absolute Gasteiger partial charge is 0.0312 e.